The zero-order chi connectivity index (χ0) is 51.3. The van der Waals surface area contributed by atoms with E-state index in [0.29, 0.717) is 6.42 Å². The molecule has 0 aromatic carbocycles. The fourth-order valence-corrected chi connectivity index (χ4v) is 7.73. The van der Waals surface area contributed by atoms with Crippen molar-refractivity contribution in [2.45, 2.75) is 186 Å². The Labute approximate surface area is 402 Å². The second-order valence-electron chi connectivity index (χ2n) is 18.7. The largest absolute Gasteiger partial charge is 0.393 e. The molecule has 9 atom stereocenters. The molecule has 22 heteroatoms. The van der Waals surface area contributed by atoms with Gasteiger partial charge in [-0.1, -0.05) is 66.7 Å². The predicted octanol–water partition coefficient (Wildman–Crippen LogP) is -1.91. The van der Waals surface area contributed by atoms with Gasteiger partial charge in [-0.15, -0.1) is 0 Å². The molecule has 17 N–H and O–H groups in total. The van der Waals surface area contributed by atoms with E-state index in [1.54, 1.807) is 0 Å². The van der Waals surface area contributed by atoms with Crippen molar-refractivity contribution in [3.63, 3.8) is 0 Å². The third kappa shape index (κ3) is 24.0. The summed E-state index contributed by atoms with van der Waals surface area (Å²) in [6.45, 7) is 10.4. The summed E-state index contributed by atoms with van der Waals surface area (Å²) in [6.07, 6.45) is 4.00. The Bertz CT molecular complexity index is 1620. The smallest absolute Gasteiger partial charge is 0.243 e. The zero-order valence-electron chi connectivity index (χ0n) is 41.4. The summed E-state index contributed by atoms with van der Waals surface area (Å²) in [5.74, 6) is -7.52. The number of unbranched alkanes of at least 4 members (excludes halogenated alkanes) is 4. The highest BCUT2D eigenvalue weighted by Gasteiger charge is 2.35. The molecule has 1 saturated heterocycles. The molecule has 1 fully saturated rings. The normalized spacial score (nSPS) is 24.1. The monoisotopic (exact) mass is 967 g/mol. The molecule has 0 bridgehead atoms. The molecule has 0 aromatic rings. The highest BCUT2D eigenvalue weighted by atomic mass is 16.3. The highest BCUT2D eigenvalue weighted by Crippen LogP contribution is 2.16. The Morgan fingerprint density at radius 3 is 1.54 bits per heavy atom. The fourth-order valence-electron chi connectivity index (χ4n) is 7.73. The number of rotatable bonds is 24. The number of aliphatic hydroxyl groups excluding tert-OH is 1. The van der Waals surface area contributed by atoms with Crippen LogP contribution in [0, 0.1) is 17.8 Å². The maximum Gasteiger partial charge on any atom is 0.243 e. The third-order valence-corrected chi connectivity index (χ3v) is 11.5. The van der Waals surface area contributed by atoms with Gasteiger partial charge >= 0.3 is 0 Å². The van der Waals surface area contributed by atoms with Crippen molar-refractivity contribution in [3.05, 3.63) is 0 Å². The molecular weight excluding hydrogens is 881 g/mol. The standard InChI is InChI=1S/C46H86N12O10/c1-7-8-9-10-11-12-31(59)26-32(60)25-30(13-18-47)40(62)53-36-17-22-51-41(63)37(23-27(2)3)58-44(66)35(16-21-50)55-43(65)34(15-20-49)56-46(68)38(24-28(4)5)57-39(61)29(6)52-42(64)33(14-19-48)54-45(36)67/h27-31,33-38,59H,7-26,47-50H2,1-6H3,(H,51,63)(H,52,64)(H,53,62)(H,54,67)(H,55,65)(H,56,68)(H,57,61)(H,58,66)/t29-,30+,31-,33+,34+,35+,36+,37+,38+/m1/s1. The number of carbonyl (C=O) groups is 9. The van der Waals surface area contributed by atoms with Crippen LogP contribution in [0.15, 0.2) is 0 Å². The third-order valence-electron chi connectivity index (χ3n) is 11.5. The Kier molecular flexibility index (Phi) is 30.3. The minimum Gasteiger partial charge on any atom is -0.393 e. The minimum atomic E-state index is -1.40. The SMILES string of the molecule is CCCCCCC[C@@H](O)CC(=O)C[C@H](CCN)C(=O)N[C@H]1CCNC(=O)[C@H](CC(C)C)NC(=O)[C@H](CCN)NC(=O)[C@H](CCN)NC(=O)[C@H](CC(C)C)NC(=O)[C@@H](C)NC(=O)[C@H](CCN)NC1=O. The average Bonchev–Trinajstić information content (AvgIpc) is 3.26. The van der Waals surface area contributed by atoms with Gasteiger partial charge in [0.05, 0.1) is 6.10 Å². The van der Waals surface area contributed by atoms with Crippen molar-refractivity contribution in [1.29, 1.82) is 0 Å². The van der Waals surface area contributed by atoms with E-state index in [1.165, 1.54) is 6.92 Å². The Morgan fingerprint density at radius 1 is 0.588 bits per heavy atom. The molecule has 1 heterocycles. The number of aliphatic hydroxyl groups is 1. The van der Waals surface area contributed by atoms with Gasteiger partial charge in [-0.05, 0) is 96.3 Å². The number of carbonyl (C=O) groups excluding carboxylic acids is 9. The van der Waals surface area contributed by atoms with Crippen molar-refractivity contribution in [2.24, 2.45) is 40.7 Å². The van der Waals surface area contributed by atoms with Gasteiger partial charge in [-0.25, -0.2) is 0 Å². The van der Waals surface area contributed by atoms with Crippen LogP contribution in [0.4, 0.5) is 0 Å². The van der Waals surface area contributed by atoms with Crippen molar-refractivity contribution in [1.82, 2.24) is 42.5 Å². The summed E-state index contributed by atoms with van der Waals surface area (Å²) < 4.78 is 0. The lowest BCUT2D eigenvalue weighted by atomic mass is 9.93. The number of nitrogens with one attached hydrogen (secondary N) is 8. The molecular formula is C46H86N12O10. The number of hydrogen-bond donors (Lipinski definition) is 13. The van der Waals surface area contributed by atoms with Gasteiger partial charge in [0.15, 0.2) is 0 Å². The fraction of sp³-hybridized carbons (Fsp3) is 0.804. The lowest BCUT2D eigenvalue weighted by Gasteiger charge is -2.27. The van der Waals surface area contributed by atoms with Gasteiger partial charge in [-0.3, -0.25) is 43.2 Å². The molecule has 0 saturated carbocycles. The van der Waals surface area contributed by atoms with Gasteiger partial charge in [0.25, 0.3) is 0 Å². The predicted molar refractivity (Wildman–Crippen MR) is 258 cm³/mol. The highest BCUT2D eigenvalue weighted by molar-refractivity contribution is 5.98. The van der Waals surface area contributed by atoms with Crippen LogP contribution in [-0.2, 0) is 43.2 Å². The van der Waals surface area contributed by atoms with Crippen LogP contribution in [-0.4, -0.2) is 139 Å². The first-order valence-electron chi connectivity index (χ1n) is 24.6. The van der Waals surface area contributed by atoms with Gasteiger partial charge in [0.2, 0.25) is 47.3 Å². The van der Waals surface area contributed by atoms with Crippen molar-refractivity contribution < 1.29 is 48.3 Å². The maximum atomic E-state index is 14.1. The Balaban J connectivity index is 3.67. The molecule has 0 radical (unpaired) electrons. The molecule has 0 aromatic heterocycles. The van der Waals surface area contributed by atoms with Crippen molar-refractivity contribution >= 4 is 53.0 Å². The van der Waals surface area contributed by atoms with Crippen LogP contribution in [0.2, 0.25) is 0 Å². The number of nitrogens with two attached hydrogens (primary N) is 4. The van der Waals surface area contributed by atoms with Crippen LogP contribution in [0.25, 0.3) is 0 Å². The molecule has 1 rings (SSSR count). The first-order chi connectivity index (χ1) is 32.2. The summed E-state index contributed by atoms with van der Waals surface area (Å²) in [6, 6.07) is -8.75. The average molecular weight is 967 g/mol. The van der Waals surface area contributed by atoms with E-state index >= 15 is 0 Å². The lowest BCUT2D eigenvalue weighted by Crippen LogP contribution is -2.60. The molecule has 0 unspecified atom stereocenters. The first-order valence-corrected chi connectivity index (χ1v) is 24.6. The summed E-state index contributed by atoms with van der Waals surface area (Å²) in [5.41, 5.74) is 23.4. The van der Waals surface area contributed by atoms with Crippen molar-refractivity contribution in [3.8, 4) is 0 Å². The number of ketones is 1. The lowest BCUT2D eigenvalue weighted by molar-refractivity contribution is -0.136. The topological polar surface area (TPSA) is 374 Å². The Morgan fingerprint density at radius 2 is 1.04 bits per heavy atom. The zero-order valence-corrected chi connectivity index (χ0v) is 41.4. The van der Waals surface area contributed by atoms with Crippen LogP contribution in [0.5, 0.6) is 0 Å². The quantitative estimate of drug-likeness (QED) is 0.0470. The molecule has 1 aliphatic heterocycles. The number of hydrogen-bond acceptors (Lipinski definition) is 14. The second-order valence-corrected chi connectivity index (χ2v) is 18.7. The Hall–Kier alpha value is -4.77. The van der Waals surface area contributed by atoms with E-state index in [-0.39, 0.29) is 108 Å². The molecule has 1 aliphatic rings. The summed E-state index contributed by atoms with van der Waals surface area (Å²) in [4.78, 5) is 123. The minimum absolute atomic E-state index is 0.0265. The van der Waals surface area contributed by atoms with E-state index in [2.05, 4.69) is 49.5 Å². The van der Waals surface area contributed by atoms with Crippen LogP contribution in [0.3, 0.4) is 0 Å². The van der Waals surface area contributed by atoms with Gasteiger partial charge < -0.3 is 70.6 Å². The van der Waals surface area contributed by atoms with E-state index in [0.717, 1.165) is 32.1 Å². The first kappa shape index (κ1) is 61.2. The van der Waals surface area contributed by atoms with E-state index in [4.69, 9.17) is 22.9 Å². The second kappa shape index (κ2) is 33.7. The van der Waals surface area contributed by atoms with Crippen LogP contribution in [0.1, 0.15) is 138 Å². The van der Waals surface area contributed by atoms with E-state index in [9.17, 15) is 48.3 Å². The summed E-state index contributed by atoms with van der Waals surface area (Å²) in [5, 5.41) is 31.7. The van der Waals surface area contributed by atoms with Gasteiger partial charge in [0.1, 0.15) is 48.1 Å². The molecule has 22 nitrogen and oxygen atoms in total. The summed E-state index contributed by atoms with van der Waals surface area (Å²) >= 11 is 0. The summed E-state index contributed by atoms with van der Waals surface area (Å²) in [7, 11) is 0. The van der Waals surface area contributed by atoms with Crippen molar-refractivity contribution in [2.75, 3.05) is 32.7 Å². The molecule has 0 spiro atoms. The molecule has 0 aliphatic carbocycles. The van der Waals surface area contributed by atoms with Crippen LogP contribution < -0.4 is 65.5 Å². The van der Waals surface area contributed by atoms with Gasteiger partial charge in [-0.2, -0.15) is 0 Å². The molecule has 8 amide bonds. The maximum absolute atomic E-state index is 14.1. The van der Waals surface area contributed by atoms with Crippen LogP contribution >= 0.6 is 0 Å². The molecule has 390 valence electrons. The van der Waals surface area contributed by atoms with E-state index in [1.807, 2.05) is 27.7 Å². The molecule has 68 heavy (non-hydrogen) atoms. The number of Topliss-reactive ketones (excluding diaryl/α,β-unsaturated/α-hetero) is 1. The number of amides is 8. The van der Waals surface area contributed by atoms with Gasteiger partial charge in [0, 0.05) is 25.3 Å². The van der Waals surface area contributed by atoms with E-state index < -0.39 is 102 Å².